The van der Waals surface area contributed by atoms with Crippen molar-refractivity contribution in [3.8, 4) is 0 Å². The molecule has 1 aromatic rings. The Morgan fingerprint density at radius 2 is 2.00 bits per heavy atom. The summed E-state index contributed by atoms with van der Waals surface area (Å²) in [5.41, 5.74) is 0.989. The molecule has 0 amide bonds. The Bertz CT molecular complexity index is 389. The van der Waals surface area contributed by atoms with Crippen molar-refractivity contribution in [1.29, 1.82) is 0 Å². The number of carboxylic acid groups (broad SMARTS) is 1. The summed E-state index contributed by atoms with van der Waals surface area (Å²) in [6.07, 6.45) is 0. The highest BCUT2D eigenvalue weighted by Gasteiger charge is 2.38. The van der Waals surface area contributed by atoms with Crippen molar-refractivity contribution in [1.82, 2.24) is 5.06 Å². The lowest BCUT2D eigenvalue weighted by Gasteiger charge is -2.34. The summed E-state index contributed by atoms with van der Waals surface area (Å²) < 4.78 is -0.712. The van der Waals surface area contributed by atoms with Crippen LogP contribution in [0.5, 0.6) is 0 Å². The fraction of sp³-hybridized carbons (Fsp3) is 0.462. The molecule has 0 aromatic heterocycles. The third-order valence-electron chi connectivity index (χ3n) is 2.61. The maximum Gasteiger partial charge on any atom is 0.324 e. The number of rotatable bonds is 6. The minimum Gasteiger partial charge on any atom is -0.480 e. The normalized spacial score (nSPS) is 13.6. The van der Waals surface area contributed by atoms with E-state index in [1.165, 1.54) is 12.2 Å². The van der Waals surface area contributed by atoms with Gasteiger partial charge in [-0.15, -0.1) is 0 Å². The summed E-state index contributed by atoms with van der Waals surface area (Å²) in [4.78, 5) is 16.6. The van der Waals surface area contributed by atoms with E-state index in [0.29, 0.717) is 6.54 Å². The van der Waals surface area contributed by atoms with Crippen molar-refractivity contribution in [3.05, 3.63) is 35.9 Å². The molecule has 5 heteroatoms. The Morgan fingerprint density at radius 3 is 2.39 bits per heavy atom. The SMILES string of the molecule is CON(Cc1ccccc1)[C@H](C(=O)O)C(C)(C)S. The Morgan fingerprint density at radius 1 is 1.44 bits per heavy atom. The zero-order valence-electron chi connectivity index (χ0n) is 10.8. The van der Waals surface area contributed by atoms with Crippen LogP contribution in [0.3, 0.4) is 0 Å². The van der Waals surface area contributed by atoms with Gasteiger partial charge in [0, 0.05) is 4.75 Å². The number of carbonyl (C=O) groups is 1. The molecule has 0 unspecified atom stereocenters. The van der Waals surface area contributed by atoms with E-state index in [1.807, 2.05) is 30.3 Å². The molecule has 0 aliphatic rings. The molecule has 0 heterocycles. The van der Waals surface area contributed by atoms with Crippen LogP contribution in [0.1, 0.15) is 19.4 Å². The molecule has 0 radical (unpaired) electrons. The molecule has 1 aromatic carbocycles. The molecule has 0 fully saturated rings. The second kappa shape index (κ2) is 6.22. The predicted octanol–water partition coefficient (Wildman–Crippen LogP) is 2.21. The first kappa shape index (κ1) is 15.0. The van der Waals surface area contributed by atoms with E-state index < -0.39 is 16.8 Å². The number of nitrogens with zero attached hydrogens (tertiary/aromatic N) is 1. The Hall–Kier alpha value is -1.04. The molecular formula is C13H19NO3S. The predicted molar refractivity (Wildman–Crippen MR) is 73.5 cm³/mol. The summed E-state index contributed by atoms with van der Waals surface area (Å²) >= 11 is 4.35. The van der Waals surface area contributed by atoms with Crippen LogP contribution in [0.4, 0.5) is 0 Å². The van der Waals surface area contributed by atoms with Crippen LogP contribution in [0.15, 0.2) is 30.3 Å². The van der Waals surface area contributed by atoms with Crippen LogP contribution >= 0.6 is 12.6 Å². The fourth-order valence-electron chi connectivity index (χ4n) is 1.80. The van der Waals surface area contributed by atoms with Gasteiger partial charge in [0.1, 0.15) is 6.04 Å². The van der Waals surface area contributed by atoms with Crippen molar-refractivity contribution < 1.29 is 14.7 Å². The summed E-state index contributed by atoms with van der Waals surface area (Å²) in [7, 11) is 1.47. The lowest BCUT2D eigenvalue weighted by molar-refractivity contribution is -0.192. The lowest BCUT2D eigenvalue weighted by atomic mass is 10.0. The Labute approximate surface area is 113 Å². The molecule has 1 rings (SSSR count). The van der Waals surface area contributed by atoms with Crippen LogP contribution < -0.4 is 0 Å². The molecule has 0 saturated heterocycles. The molecule has 0 spiro atoms. The molecule has 0 saturated carbocycles. The van der Waals surface area contributed by atoms with Crippen LogP contribution in [0.25, 0.3) is 0 Å². The van der Waals surface area contributed by atoms with Crippen molar-refractivity contribution in [2.75, 3.05) is 7.11 Å². The number of benzene rings is 1. The van der Waals surface area contributed by atoms with E-state index in [9.17, 15) is 9.90 Å². The van der Waals surface area contributed by atoms with Crippen LogP contribution in [0.2, 0.25) is 0 Å². The van der Waals surface area contributed by atoms with Crippen molar-refractivity contribution >= 4 is 18.6 Å². The maximum atomic E-state index is 11.4. The topological polar surface area (TPSA) is 49.8 Å². The average Bonchev–Trinajstić information content (AvgIpc) is 2.27. The number of carboxylic acids is 1. The molecule has 18 heavy (non-hydrogen) atoms. The first-order chi connectivity index (χ1) is 8.36. The fourth-order valence-corrected chi connectivity index (χ4v) is 2.04. The van der Waals surface area contributed by atoms with Crippen LogP contribution in [-0.2, 0) is 16.2 Å². The monoisotopic (exact) mass is 269 g/mol. The van der Waals surface area contributed by atoms with Gasteiger partial charge in [0.05, 0.1) is 13.7 Å². The second-order valence-corrected chi connectivity index (χ2v) is 5.79. The van der Waals surface area contributed by atoms with E-state index in [1.54, 1.807) is 13.8 Å². The molecule has 1 N–H and O–H groups in total. The van der Waals surface area contributed by atoms with E-state index in [2.05, 4.69) is 12.6 Å². The van der Waals surface area contributed by atoms with Gasteiger partial charge in [-0.05, 0) is 19.4 Å². The second-order valence-electron chi connectivity index (χ2n) is 4.64. The zero-order valence-corrected chi connectivity index (χ0v) is 11.7. The third kappa shape index (κ3) is 4.01. The molecule has 1 atom stereocenters. The number of hydroxylamine groups is 2. The number of hydrogen-bond donors (Lipinski definition) is 2. The van der Waals surface area contributed by atoms with Crippen LogP contribution in [-0.4, -0.2) is 34.0 Å². The van der Waals surface area contributed by atoms with E-state index in [4.69, 9.17) is 4.84 Å². The minimum absolute atomic E-state index is 0.401. The highest BCUT2D eigenvalue weighted by atomic mass is 32.1. The standard InChI is InChI=1S/C13H19NO3S/c1-13(2,18)11(12(15)16)14(17-3)9-10-7-5-4-6-8-10/h4-8,11,18H,9H2,1-3H3,(H,15,16)/t11-/m1/s1. The number of aliphatic carboxylic acids is 1. The largest absolute Gasteiger partial charge is 0.480 e. The highest BCUT2D eigenvalue weighted by molar-refractivity contribution is 7.81. The minimum atomic E-state index is -0.951. The summed E-state index contributed by atoms with van der Waals surface area (Å²) in [5, 5.41) is 10.8. The van der Waals surface area contributed by atoms with Gasteiger partial charge in [0.2, 0.25) is 0 Å². The molecule has 0 aliphatic carbocycles. The van der Waals surface area contributed by atoms with Gasteiger partial charge in [-0.3, -0.25) is 4.79 Å². The van der Waals surface area contributed by atoms with Crippen LogP contribution in [0, 0.1) is 0 Å². The first-order valence-electron chi connectivity index (χ1n) is 5.66. The number of hydrogen-bond acceptors (Lipinski definition) is 4. The van der Waals surface area contributed by atoms with Gasteiger partial charge in [-0.1, -0.05) is 30.3 Å². The molecule has 0 bridgehead atoms. The van der Waals surface area contributed by atoms with Gasteiger partial charge in [0.15, 0.2) is 0 Å². The summed E-state index contributed by atoms with van der Waals surface area (Å²) in [5.74, 6) is -0.951. The lowest BCUT2D eigenvalue weighted by Crippen LogP contribution is -2.50. The van der Waals surface area contributed by atoms with Crippen molar-refractivity contribution in [3.63, 3.8) is 0 Å². The molecule has 100 valence electrons. The molecular weight excluding hydrogens is 250 g/mol. The molecule has 4 nitrogen and oxygen atoms in total. The smallest absolute Gasteiger partial charge is 0.324 e. The Kier molecular flexibility index (Phi) is 5.19. The Balaban J connectivity index is 2.90. The quantitative estimate of drug-likeness (QED) is 0.614. The van der Waals surface area contributed by atoms with E-state index in [0.717, 1.165) is 5.56 Å². The van der Waals surface area contributed by atoms with Gasteiger partial charge < -0.3 is 9.94 Å². The first-order valence-corrected chi connectivity index (χ1v) is 6.11. The molecule has 0 aliphatic heterocycles. The van der Waals surface area contributed by atoms with E-state index >= 15 is 0 Å². The van der Waals surface area contributed by atoms with E-state index in [-0.39, 0.29) is 0 Å². The van der Waals surface area contributed by atoms with Gasteiger partial charge in [0.25, 0.3) is 0 Å². The summed E-state index contributed by atoms with van der Waals surface area (Å²) in [6, 6.07) is 8.76. The van der Waals surface area contributed by atoms with Gasteiger partial charge in [-0.2, -0.15) is 17.7 Å². The maximum absolute atomic E-state index is 11.4. The van der Waals surface area contributed by atoms with Crippen molar-refractivity contribution in [2.24, 2.45) is 0 Å². The summed E-state index contributed by atoms with van der Waals surface area (Å²) in [6.45, 7) is 3.91. The third-order valence-corrected chi connectivity index (χ3v) is 2.85. The number of thiol groups is 1. The van der Waals surface area contributed by atoms with Gasteiger partial charge in [-0.25, -0.2) is 0 Å². The van der Waals surface area contributed by atoms with Crippen molar-refractivity contribution in [2.45, 2.75) is 31.2 Å². The highest BCUT2D eigenvalue weighted by Crippen LogP contribution is 2.24. The average molecular weight is 269 g/mol. The van der Waals surface area contributed by atoms with Gasteiger partial charge >= 0.3 is 5.97 Å². The zero-order chi connectivity index (χ0) is 13.8.